The summed E-state index contributed by atoms with van der Waals surface area (Å²) in [6.45, 7) is 3.55. The molecule has 1 aliphatic heterocycles. The third-order valence-electron chi connectivity index (χ3n) is 2.04. The van der Waals surface area contributed by atoms with Gasteiger partial charge in [-0.15, -0.1) is 0 Å². The number of alkyl halides is 2. The van der Waals surface area contributed by atoms with Gasteiger partial charge in [0, 0.05) is 12.5 Å². The first-order chi connectivity index (χ1) is 5.55. The molecule has 0 spiro atoms. The molecular weight excluding hydrogens is 160 g/mol. The van der Waals surface area contributed by atoms with Crippen molar-refractivity contribution in [3.05, 3.63) is 18.7 Å². The molecule has 0 amide bonds. The maximum atomic E-state index is 12.8. The molecule has 1 heterocycles. The van der Waals surface area contributed by atoms with Crippen LogP contribution in [0.3, 0.4) is 0 Å². The number of nitrogens with zero attached hydrogens (tertiary/aromatic N) is 1. The van der Waals surface area contributed by atoms with Gasteiger partial charge in [0.15, 0.2) is 0 Å². The molecule has 3 heteroatoms. The van der Waals surface area contributed by atoms with Gasteiger partial charge in [-0.2, -0.15) is 0 Å². The van der Waals surface area contributed by atoms with Crippen molar-refractivity contribution < 1.29 is 8.78 Å². The average molecular weight is 174 g/mol. The Labute approximate surface area is 72.1 Å². The number of rotatable bonds is 2. The minimum absolute atomic E-state index is 0.0267. The monoisotopic (exact) mass is 174 g/mol. The summed E-state index contributed by atoms with van der Waals surface area (Å²) in [6.07, 6.45) is 5.33. The van der Waals surface area contributed by atoms with Gasteiger partial charge in [0.25, 0.3) is 5.92 Å². The highest BCUT2D eigenvalue weighted by molar-refractivity contribution is 4.99. The van der Waals surface area contributed by atoms with Gasteiger partial charge in [-0.3, -0.25) is 0 Å². The maximum absolute atomic E-state index is 12.8. The Morgan fingerprint density at radius 3 is 2.58 bits per heavy atom. The van der Waals surface area contributed by atoms with Gasteiger partial charge in [0.1, 0.15) is 0 Å². The van der Waals surface area contributed by atoms with Crippen LogP contribution in [0.5, 0.6) is 0 Å². The molecule has 0 N–H and O–H groups in total. The molecule has 0 aromatic carbocycles. The van der Waals surface area contributed by atoms with Crippen molar-refractivity contribution in [2.45, 2.75) is 32.2 Å². The van der Waals surface area contributed by atoms with Crippen LogP contribution in [0.15, 0.2) is 12.3 Å². The Bertz CT molecular complexity index is 177. The van der Waals surface area contributed by atoms with E-state index in [1.807, 2.05) is 20.3 Å². The van der Waals surface area contributed by atoms with E-state index in [1.165, 1.54) is 0 Å². The summed E-state index contributed by atoms with van der Waals surface area (Å²) in [4.78, 5) is 1.68. The fraction of sp³-hybridized carbons (Fsp3) is 0.667. The first-order valence-electron chi connectivity index (χ1n) is 4.15. The van der Waals surface area contributed by atoms with E-state index in [9.17, 15) is 8.78 Å². The lowest BCUT2D eigenvalue weighted by molar-refractivity contribution is 0.0155. The third-order valence-corrected chi connectivity index (χ3v) is 2.04. The highest BCUT2D eigenvalue weighted by Gasteiger charge is 2.41. The van der Waals surface area contributed by atoms with Gasteiger partial charge < -0.3 is 4.90 Å². The largest absolute Gasteiger partial charge is 0.369 e. The van der Waals surface area contributed by atoms with E-state index in [0.717, 1.165) is 0 Å². The maximum Gasteiger partial charge on any atom is 0.267 e. The third kappa shape index (κ3) is 2.19. The standard InChI is InChI=1S/C9H14F2N/c1-3-4-5-12-7-9(10,11)6-8(12)2/h3-5,8H,6-7H2,1-2H3/b5-4+/t8-/m1/s1. The average Bonchev–Trinajstić information content (AvgIpc) is 2.20. The van der Waals surface area contributed by atoms with Crippen LogP contribution >= 0.6 is 0 Å². The normalized spacial score (nSPS) is 28.7. The summed E-state index contributed by atoms with van der Waals surface area (Å²) < 4.78 is 25.6. The first kappa shape index (κ1) is 9.49. The molecule has 1 atom stereocenters. The lowest BCUT2D eigenvalue weighted by Gasteiger charge is -2.17. The van der Waals surface area contributed by atoms with Crippen LogP contribution < -0.4 is 0 Å². The van der Waals surface area contributed by atoms with Crippen molar-refractivity contribution in [3.8, 4) is 0 Å². The topological polar surface area (TPSA) is 3.24 Å². The summed E-state index contributed by atoms with van der Waals surface area (Å²) in [5.74, 6) is -2.50. The van der Waals surface area contributed by atoms with E-state index in [0.29, 0.717) is 0 Å². The fourth-order valence-corrected chi connectivity index (χ4v) is 1.43. The summed E-state index contributed by atoms with van der Waals surface area (Å²) in [7, 11) is 0. The van der Waals surface area contributed by atoms with E-state index in [4.69, 9.17) is 0 Å². The molecule has 1 fully saturated rings. The Balaban J connectivity index is 2.52. The zero-order chi connectivity index (χ0) is 9.19. The Morgan fingerprint density at radius 1 is 1.50 bits per heavy atom. The Morgan fingerprint density at radius 2 is 2.17 bits per heavy atom. The van der Waals surface area contributed by atoms with Crippen molar-refractivity contribution in [1.82, 2.24) is 4.90 Å². The zero-order valence-electron chi connectivity index (χ0n) is 7.43. The number of halogens is 2. The first-order valence-corrected chi connectivity index (χ1v) is 4.15. The van der Waals surface area contributed by atoms with E-state index in [1.54, 1.807) is 17.2 Å². The number of allylic oxidation sites excluding steroid dienone is 1. The molecule has 12 heavy (non-hydrogen) atoms. The molecular formula is C9H14F2N. The van der Waals surface area contributed by atoms with E-state index >= 15 is 0 Å². The molecule has 0 saturated carbocycles. The van der Waals surface area contributed by atoms with Crippen LogP contribution in [0.1, 0.15) is 20.3 Å². The van der Waals surface area contributed by atoms with Crippen LogP contribution in [0.2, 0.25) is 0 Å². The second-order valence-electron chi connectivity index (χ2n) is 3.26. The van der Waals surface area contributed by atoms with E-state index < -0.39 is 5.92 Å². The molecule has 0 aliphatic carbocycles. The molecule has 1 nitrogen and oxygen atoms in total. The van der Waals surface area contributed by atoms with E-state index in [-0.39, 0.29) is 19.0 Å². The summed E-state index contributed by atoms with van der Waals surface area (Å²) in [6, 6.07) is -0.0452. The highest BCUT2D eigenvalue weighted by atomic mass is 19.3. The SMILES string of the molecule is C[CH]/C=C/N1CC(F)(F)C[C@H]1C. The number of hydrogen-bond acceptors (Lipinski definition) is 1. The molecule has 69 valence electrons. The summed E-state index contributed by atoms with van der Waals surface area (Å²) in [5.41, 5.74) is 0. The van der Waals surface area contributed by atoms with Gasteiger partial charge in [0.2, 0.25) is 0 Å². The van der Waals surface area contributed by atoms with Crippen molar-refractivity contribution in [2.75, 3.05) is 6.54 Å². The highest BCUT2D eigenvalue weighted by Crippen LogP contribution is 2.31. The van der Waals surface area contributed by atoms with Crippen molar-refractivity contribution in [2.24, 2.45) is 0 Å². The molecule has 0 unspecified atom stereocenters. The van der Waals surface area contributed by atoms with Gasteiger partial charge in [-0.05, 0) is 19.5 Å². The fourth-order valence-electron chi connectivity index (χ4n) is 1.43. The molecule has 1 radical (unpaired) electrons. The van der Waals surface area contributed by atoms with Crippen molar-refractivity contribution in [1.29, 1.82) is 0 Å². The predicted molar refractivity (Wildman–Crippen MR) is 44.8 cm³/mol. The molecule has 0 aromatic rings. The second kappa shape index (κ2) is 3.42. The Kier molecular flexibility index (Phi) is 2.70. The van der Waals surface area contributed by atoms with Gasteiger partial charge >= 0.3 is 0 Å². The second-order valence-corrected chi connectivity index (χ2v) is 3.26. The number of hydrogen-bond donors (Lipinski definition) is 0. The van der Waals surface area contributed by atoms with Crippen LogP contribution in [-0.4, -0.2) is 23.4 Å². The van der Waals surface area contributed by atoms with Crippen LogP contribution in [0, 0.1) is 6.42 Å². The minimum Gasteiger partial charge on any atom is -0.369 e. The molecule has 0 aromatic heterocycles. The summed E-state index contributed by atoms with van der Waals surface area (Å²) in [5, 5.41) is 0. The Hall–Kier alpha value is -0.600. The van der Waals surface area contributed by atoms with Crippen LogP contribution in [0.25, 0.3) is 0 Å². The zero-order valence-corrected chi connectivity index (χ0v) is 7.43. The molecule has 1 rings (SSSR count). The van der Waals surface area contributed by atoms with Gasteiger partial charge in [0.05, 0.1) is 6.54 Å². The molecule has 0 bridgehead atoms. The van der Waals surface area contributed by atoms with Crippen molar-refractivity contribution in [3.63, 3.8) is 0 Å². The summed E-state index contributed by atoms with van der Waals surface area (Å²) >= 11 is 0. The lowest BCUT2D eigenvalue weighted by atomic mass is 10.2. The van der Waals surface area contributed by atoms with Crippen LogP contribution in [-0.2, 0) is 0 Å². The van der Waals surface area contributed by atoms with Gasteiger partial charge in [-0.1, -0.05) is 13.0 Å². The lowest BCUT2D eigenvalue weighted by Crippen LogP contribution is -2.23. The van der Waals surface area contributed by atoms with Crippen LogP contribution in [0.4, 0.5) is 8.78 Å². The quantitative estimate of drug-likeness (QED) is 0.621. The van der Waals surface area contributed by atoms with Gasteiger partial charge in [-0.25, -0.2) is 8.78 Å². The number of likely N-dealkylation sites (tertiary alicyclic amines) is 1. The molecule has 1 aliphatic rings. The van der Waals surface area contributed by atoms with Crippen molar-refractivity contribution >= 4 is 0 Å². The molecule has 1 saturated heterocycles. The minimum atomic E-state index is -2.50. The van der Waals surface area contributed by atoms with E-state index in [2.05, 4.69) is 0 Å². The smallest absolute Gasteiger partial charge is 0.267 e. The predicted octanol–water partition coefficient (Wildman–Crippen LogP) is 2.45.